The van der Waals surface area contributed by atoms with Gasteiger partial charge in [-0.15, -0.1) is 0 Å². The van der Waals surface area contributed by atoms with E-state index in [4.69, 9.17) is 10.5 Å². The van der Waals surface area contributed by atoms with Crippen LogP contribution in [0.1, 0.15) is 17.1 Å². The van der Waals surface area contributed by atoms with Gasteiger partial charge in [-0.25, -0.2) is 9.97 Å². The van der Waals surface area contributed by atoms with Gasteiger partial charge in [0.05, 0.1) is 18.9 Å². The van der Waals surface area contributed by atoms with Crippen LogP contribution in [0.2, 0.25) is 0 Å². The van der Waals surface area contributed by atoms with Crippen molar-refractivity contribution in [1.82, 2.24) is 15.3 Å². The molecule has 0 fully saturated rings. The van der Waals surface area contributed by atoms with Crippen molar-refractivity contribution < 1.29 is 4.74 Å². The minimum Gasteiger partial charge on any atom is -0.383 e. The van der Waals surface area contributed by atoms with Crippen LogP contribution in [0.5, 0.6) is 0 Å². The first-order valence-electron chi connectivity index (χ1n) is 5.17. The molecule has 0 saturated heterocycles. The lowest BCUT2D eigenvalue weighted by molar-refractivity contribution is 0.107. The highest BCUT2D eigenvalue weighted by atomic mass is 16.5. The van der Waals surface area contributed by atoms with Gasteiger partial charge in [0, 0.05) is 24.9 Å². The summed E-state index contributed by atoms with van der Waals surface area (Å²) in [6, 6.07) is 0. The number of likely N-dealkylation sites (N-methyl/N-ethyl adjacent to an activating group) is 1. The number of hydrogen-bond acceptors (Lipinski definition) is 5. The zero-order valence-electron chi connectivity index (χ0n) is 8.92. The lowest BCUT2D eigenvalue weighted by atomic mass is 10.1. The summed E-state index contributed by atoms with van der Waals surface area (Å²) in [5.74, 6) is 1.42. The number of fused-ring (bicyclic) bond motifs is 1. The number of anilines is 1. The summed E-state index contributed by atoms with van der Waals surface area (Å²) in [6.07, 6.45) is 1.63. The average Bonchev–Trinajstić information content (AvgIpc) is 2.26. The highest BCUT2D eigenvalue weighted by molar-refractivity contribution is 5.43. The third kappa shape index (κ3) is 2.24. The maximum atomic E-state index is 5.89. The Morgan fingerprint density at radius 3 is 3.13 bits per heavy atom. The minimum atomic E-state index is 0.564. The summed E-state index contributed by atoms with van der Waals surface area (Å²) in [7, 11) is 1.91. The normalized spacial score (nSPS) is 15.0. The van der Waals surface area contributed by atoms with E-state index in [9.17, 15) is 0 Å². The number of nitrogens with one attached hydrogen (secondary N) is 1. The van der Waals surface area contributed by atoms with E-state index < -0.39 is 0 Å². The molecule has 0 aliphatic carbocycles. The van der Waals surface area contributed by atoms with E-state index in [-0.39, 0.29) is 0 Å². The van der Waals surface area contributed by atoms with Crippen molar-refractivity contribution in [2.24, 2.45) is 0 Å². The van der Waals surface area contributed by atoms with Crippen LogP contribution in [0.3, 0.4) is 0 Å². The molecule has 0 unspecified atom stereocenters. The number of ether oxygens (including phenoxy) is 1. The molecule has 0 radical (unpaired) electrons. The quantitative estimate of drug-likeness (QED) is 0.725. The maximum Gasteiger partial charge on any atom is 0.132 e. The lowest BCUT2D eigenvalue weighted by Crippen LogP contribution is -2.19. The summed E-state index contributed by atoms with van der Waals surface area (Å²) < 4.78 is 5.35. The van der Waals surface area contributed by atoms with Crippen LogP contribution < -0.4 is 11.1 Å². The standard InChI is InChI=1S/C10H16N4O/c1-12-4-2-9-13-8-6-15-5-3-7(8)10(11)14-9/h12H,2-6H2,1H3,(H2,11,13,14). The Balaban J connectivity index is 2.24. The molecular weight excluding hydrogens is 192 g/mol. The molecule has 15 heavy (non-hydrogen) atoms. The molecule has 1 aromatic rings. The first-order valence-corrected chi connectivity index (χ1v) is 5.17. The second-order valence-electron chi connectivity index (χ2n) is 3.61. The zero-order valence-corrected chi connectivity index (χ0v) is 8.92. The third-order valence-corrected chi connectivity index (χ3v) is 2.50. The lowest BCUT2D eigenvalue weighted by Gasteiger charge is -2.17. The molecule has 5 nitrogen and oxygen atoms in total. The van der Waals surface area contributed by atoms with Crippen molar-refractivity contribution in [3.63, 3.8) is 0 Å². The predicted molar refractivity (Wildman–Crippen MR) is 57.4 cm³/mol. The fourth-order valence-corrected chi connectivity index (χ4v) is 1.69. The van der Waals surface area contributed by atoms with Gasteiger partial charge in [0.15, 0.2) is 0 Å². The van der Waals surface area contributed by atoms with Crippen LogP contribution in [-0.2, 0) is 24.2 Å². The van der Waals surface area contributed by atoms with Crippen LogP contribution in [0.25, 0.3) is 0 Å². The number of aromatic nitrogens is 2. The molecule has 3 N–H and O–H groups in total. The molecule has 0 atom stereocenters. The fraction of sp³-hybridized carbons (Fsp3) is 0.600. The summed E-state index contributed by atoms with van der Waals surface area (Å²) in [6.45, 7) is 2.14. The van der Waals surface area contributed by atoms with Crippen molar-refractivity contribution in [3.05, 3.63) is 17.1 Å². The molecule has 0 saturated carbocycles. The highest BCUT2D eigenvalue weighted by Gasteiger charge is 2.16. The average molecular weight is 208 g/mol. The molecule has 0 bridgehead atoms. The Morgan fingerprint density at radius 1 is 1.47 bits per heavy atom. The predicted octanol–water partition coefficient (Wildman–Crippen LogP) is -0.107. The highest BCUT2D eigenvalue weighted by Crippen LogP contribution is 2.19. The number of hydrogen-bond donors (Lipinski definition) is 2. The Kier molecular flexibility index (Phi) is 3.13. The molecule has 2 heterocycles. The van der Waals surface area contributed by atoms with Crippen LogP contribution in [0, 0.1) is 0 Å². The van der Waals surface area contributed by atoms with E-state index in [0.717, 1.165) is 43.1 Å². The van der Waals surface area contributed by atoms with E-state index in [0.29, 0.717) is 12.4 Å². The second kappa shape index (κ2) is 4.55. The van der Waals surface area contributed by atoms with Crippen molar-refractivity contribution >= 4 is 5.82 Å². The van der Waals surface area contributed by atoms with E-state index >= 15 is 0 Å². The molecular formula is C10H16N4O. The number of rotatable bonds is 3. The van der Waals surface area contributed by atoms with Gasteiger partial charge in [-0.05, 0) is 7.05 Å². The van der Waals surface area contributed by atoms with Gasteiger partial charge >= 0.3 is 0 Å². The van der Waals surface area contributed by atoms with E-state index in [2.05, 4.69) is 15.3 Å². The monoisotopic (exact) mass is 208 g/mol. The smallest absolute Gasteiger partial charge is 0.132 e. The summed E-state index contributed by atoms with van der Waals surface area (Å²) in [4.78, 5) is 8.75. The molecule has 0 amide bonds. The largest absolute Gasteiger partial charge is 0.383 e. The minimum absolute atomic E-state index is 0.564. The zero-order chi connectivity index (χ0) is 10.7. The van der Waals surface area contributed by atoms with Gasteiger partial charge in [0.1, 0.15) is 11.6 Å². The van der Waals surface area contributed by atoms with Crippen LogP contribution in [0.15, 0.2) is 0 Å². The molecule has 1 aliphatic heterocycles. The molecule has 2 rings (SSSR count). The van der Waals surface area contributed by atoms with Gasteiger partial charge in [0.2, 0.25) is 0 Å². The number of nitrogens with zero attached hydrogens (tertiary/aromatic N) is 2. The molecule has 0 spiro atoms. The molecule has 1 aromatic heterocycles. The summed E-state index contributed by atoms with van der Waals surface area (Å²) >= 11 is 0. The Labute approximate surface area is 89.1 Å². The topological polar surface area (TPSA) is 73.1 Å². The van der Waals surface area contributed by atoms with Gasteiger partial charge in [-0.3, -0.25) is 0 Å². The van der Waals surface area contributed by atoms with Gasteiger partial charge in [-0.2, -0.15) is 0 Å². The first kappa shape index (κ1) is 10.3. The van der Waals surface area contributed by atoms with Crippen LogP contribution >= 0.6 is 0 Å². The van der Waals surface area contributed by atoms with Crippen LogP contribution in [0.4, 0.5) is 5.82 Å². The maximum absolute atomic E-state index is 5.89. The number of nitrogen functional groups attached to an aromatic ring is 1. The van der Waals surface area contributed by atoms with Crippen molar-refractivity contribution in [1.29, 1.82) is 0 Å². The molecule has 5 heteroatoms. The summed E-state index contributed by atoms with van der Waals surface area (Å²) in [5.41, 5.74) is 7.91. The Hall–Kier alpha value is -1.20. The van der Waals surface area contributed by atoms with Gasteiger partial charge in [-0.1, -0.05) is 0 Å². The van der Waals surface area contributed by atoms with E-state index in [1.807, 2.05) is 7.05 Å². The Bertz CT molecular complexity index is 354. The SMILES string of the molecule is CNCCc1nc(N)c2c(n1)COCC2. The third-order valence-electron chi connectivity index (χ3n) is 2.50. The molecule has 0 aromatic carbocycles. The van der Waals surface area contributed by atoms with Crippen LogP contribution in [-0.4, -0.2) is 30.2 Å². The van der Waals surface area contributed by atoms with Gasteiger partial charge < -0.3 is 15.8 Å². The number of nitrogens with two attached hydrogens (primary N) is 1. The first-order chi connectivity index (χ1) is 7.31. The molecule has 1 aliphatic rings. The van der Waals surface area contributed by atoms with Crippen molar-refractivity contribution in [2.75, 3.05) is 25.9 Å². The fourth-order valence-electron chi connectivity index (χ4n) is 1.69. The van der Waals surface area contributed by atoms with Gasteiger partial charge in [0.25, 0.3) is 0 Å². The van der Waals surface area contributed by atoms with Crippen molar-refractivity contribution in [2.45, 2.75) is 19.4 Å². The molecule has 82 valence electrons. The Morgan fingerprint density at radius 2 is 2.33 bits per heavy atom. The van der Waals surface area contributed by atoms with Crippen molar-refractivity contribution in [3.8, 4) is 0 Å². The second-order valence-corrected chi connectivity index (χ2v) is 3.61. The van der Waals surface area contributed by atoms with E-state index in [1.54, 1.807) is 0 Å². The summed E-state index contributed by atoms with van der Waals surface area (Å²) in [5, 5.41) is 3.06. The van der Waals surface area contributed by atoms with E-state index in [1.165, 1.54) is 0 Å².